The molecule has 4 heteroatoms. The van der Waals surface area contributed by atoms with Crippen molar-refractivity contribution < 1.29 is 0 Å². The zero-order chi connectivity index (χ0) is 10.7. The summed E-state index contributed by atoms with van der Waals surface area (Å²) in [6.45, 7) is 2.14. The van der Waals surface area contributed by atoms with Crippen LogP contribution < -0.4 is 5.32 Å². The van der Waals surface area contributed by atoms with Crippen LogP contribution in [0.15, 0.2) is 29.6 Å². The van der Waals surface area contributed by atoms with Crippen LogP contribution >= 0.6 is 22.9 Å². The van der Waals surface area contributed by atoms with Crippen LogP contribution in [-0.2, 0) is 6.42 Å². The summed E-state index contributed by atoms with van der Waals surface area (Å²) >= 11 is 7.23. The molecule has 2 rings (SSSR count). The number of anilines is 2. The van der Waals surface area contributed by atoms with Gasteiger partial charge in [-0.2, -0.15) is 0 Å². The molecule has 0 saturated heterocycles. The highest BCUT2D eigenvalue weighted by Crippen LogP contribution is 2.23. The van der Waals surface area contributed by atoms with E-state index in [1.54, 1.807) is 0 Å². The number of rotatable bonds is 3. The van der Waals surface area contributed by atoms with Gasteiger partial charge in [0.2, 0.25) is 0 Å². The summed E-state index contributed by atoms with van der Waals surface area (Å²) in [7, 11) is 0. The van der Waals surface area contributed by atoms with E-state index in [-0.39, 0.29) is 0 Å². The number of aryl methyl sites for hydroxylation is 1. The number of halogens is 1. The molecule has 1 heterocycles. The van der Waals surface area contributed by atoms with E-state index in [2.05, 4.69) is 29.4 Å². The highest BCUT2D eigenvalue weighted by atomic mass is 35.5. The Kier molecular flexibility index (Phi) is 3.23. The lowest BCUT2D eigenvalue weighted by Gasteiger charge is -2.02. The van der Waals surface area contributed by atoms with Crippen molar-refractivity contribution in [2.24, 2.45) is 0 Å². The summed E-state index contributed by atoms with van der Waals surface area (Å²) in [5.74, 6) is 0. The summed E-state index contributed by atoms with van der Waals surface area (Å²) in [5.41, 5.74) is 2.37. The molecular weight excluding hydrogens is 228 g/mol. The summed E-state index contributed by atoms with van der Waals surface area (Å²) in [4.78, 5) is 4.12. The second kappa shape index (κ2) is 4.64. The third-order valence-electron chi connectivity index (χ3n) is 2.09. The van der Waals surface area contributed by atoms with Gasteiger partial charge in [0.25, 0.3) is 0 Å². The zero-order valence-corrected chi connectivity index (χ0v) is 9.90. The van der Waals surface area contributed by atoms with Crippen molar-refractivity contribution in [1.82, 2.24) is 4.98 Å². The number of aromatic nitrogens is 1. The van der Waals surface area contributed by atoms with Crippen LogP contribution in [0.25, 0.3) is 0 Å². The Hall–Kier alpha value is -1.06. The van der Waals surface area contributed by atoms with Gasteiger partial charge >= 0.3 is 0 Å². The maximum Gasteiger partial charge on any atom is 0.188 e. The summed E-state index contributed by atoms with van der Waals surface area (Å²) in [5, 5.41) is 6.37. The molecule has 0 aliphatic heterocycles. The predicted molar refractivity (Wildman–Crippen MR) is 66.2 cm³/mol. The van der Waals surface area contributed by atoms with Gasteiger partial charge < -0.3 is 5.32 Å². The van der Waals surface area contributed by atoms with Crippen LogP contribution in [0.5, 0.6) is 0 Å². The number of nitrogens with zero attached hydrogens (tertiary/aromatic N) is 1. The number of benzene rings is 1. The lowest BCUT2D eigenvalue weighted by molar-refractivity contribution is 1.14. The molecule has 1 aromatic carbocycles. The van der Waals surface area contributed by atoms with E-state index in [0.29, 0.717) is 5.15 Å². The molecule has 78 valence electrons. The Balaban J connectivity index is 2.11. The fourth-order valence-electron chi connectivity index (χ4n) is 1.26. The Morgan fingerprint density at radius 2 is 2.07 bits per heavy atom. The molecule has 1 aromatic heterocycles. The van der Waals surface area contributed by atoms with Crippen molar-refractivity contribution in [3.63, 3.8) is 0 Å². The van der Waals surface area contributed by atoms with Gasteiger partial charge in [0.05, 0.1) is 0 Å². The molecule has 0 unspecified atom stereocenters. The second-order valence-electron chi connectivity index (χ2n) is 3.15. The molecule has 1 N–H and O–H groups in total. The standard InChI is InChI=1S/C11H11ClN2S/c1-2-8-3-5-9(6-4-8)13-11-14-10(12)7-15-11/h3-7H,2H2,1H3,(H,13,14). The monoisotopic (exact) mass is 238 g/mol. The fraction of sp³-hybridized carbons (Fsp3) is 0.182. The maximum atomic E-state index is 5.73. The van der Waals surface area contributed by atoms with E-state index in [1.165, 1.54) is 16.9 Å². The average Bonchev–Trinajstić information content (AvgIpc) is 2.65. The van der Waals surface area contributed by atoms with E-state index < -0.39 is 0 Å². The molecular formula is C11H11ClN2S. The molecule has 0 radical (unpaired) electrons. The van der Waals surface area contributed by atoms with E-state index in [9.17, 15) is 0 Å². The van der Waals surface area contributed by atoms with E-state index >= 15 is 0 Å². The molecule has 2 nitrogen and oxygen atoms in total. The molecule has 15 heavy (non-hydrogen) atoms. The third-order valence-corrected chi connectivity index (χ3v) is 3.17. The average molecular weight is 239 g/mol. The van der Waals surface area contributed by atoms with Gasteiger partial charge in [0.15, 0.2) is 5.13 Å². The van der Waals surface area contributed by atoms with E-state index in [1.807, 2.05) is 17.5 Å². The first kappa shape index (κ1) is 10.5. The van der Waals surface area contributed by atoms with Gasteiger partial charge in [0.1, 0.15) is 5.15 Å². The first-order chi connectivity index (χ1) is 7.28. The van der Waals surface area contributed by atoms with Crippen LogP contribution in [0.1, 0.15) is 12.5 Å². The molecule has 0 fully saturated rings. The first-order valence-corrected chi connectivity index (χ1v) is 6.00. The van der Waals surface area contributed by atoms with Crippen LogP contribution in [0.4, 0.5) is 10.8 Å². The molecule has 0 aliphatic rings. The van der Waals surface area contributed by atoms with Crippen LogP contribution in [0.3, 0.4) is 0 Å². The number of hydrogen-bond donors (Lipinski definition) is 1. The van der Waals surface area contributed by atoms with Gasteiger partial charge in [-0.3, -0.25) is 0 Å². The van der Waals surface area contributed by atoms with Crippen molar-refractivity contribution >= 4 is 33.8 Å². The molecule has 0 amide bonds. The molecule has 0 bridgehead atoms. The SMILES string of the molecule is CCc1ccc(Nc2nc(Cl)cs2)cc1. The Morgan fingerprint density at radius 3 is 2.60 bits per heavy atom. The van der Waals surface area contributed by atoms with Crippen molar-refractivity contribution in [3.8, 4) is 0 Å². The van der Waals surface area contributed by atoms with Gasteiger partial charge in [-0.1, -0.05) is 30.7 Å². The number of nitrogens with one attached hydrogen (secondary N) is 1. The number of hydrogen-bond acceptors (Lipinski definition) is 3. The van der Waals surface area contributed by atoms with Gasteiger partial charge in [-0.25, -0.2) is 4.98 Å². The largest absolute Gasteiger partial charge is 0.332 e. The summed E-state index contributed by atoms with van der Waals surface area (Å²) in [6, 6.07) is 8.32. The van der Waals surface area contributed by atoms with Crippen LogP contribution in [-0.4, -0.2) is 4.98 Å². The zero-order valence-electron chi connectivity index (χ0n) is 8.33. The minimum absolute atomic E-state index is 0.535. The lowest BCUT2D eigenvalue weighted by atomic mass is 10.1. The Morgan fingerprint density at radius 1 is 1.33 bits per heavy atom. The third kappa shape index (κ3) is 2.70. The smallest absolute Gasteiger partial charge is 0.188 e. The molecule has 0 spiro atoms. The van der Waals surface area contributed by atoms with Crippen LogP contribution in [0, 0.1) is 0 Å². The highest BCUT2D eigenvalue weighted by Gasteiger charge is 1.99. The van der Waals surface area contributed by atoms with Crippen molar-refractivity contribution in [3.05, 3.63) is 40.4 Å². The first-order valence-electron chi connectivity index (χ1n) is 4.75. The van der Waals surface area contributed by atoms with E-state index in [0.717, 1.165) is 17.2 Å². The Bertz CT molecular complexity index is 436. The van der Waals surface area contributed by atoms with Crippen molar-refractivity contribution in [2.75, 3.05) is 5.32 Å². The number of thiazole rings is 1. The molecule has 0 aliphatic carbocycles. The second-order valence-corrected chi connectivity index (χ2v) is 4.40. The van der Waals surface area contributed by atoms with Gasteiger partial charge in [-0.15, -0.1) is 11.3 Å². The molecule has 0 saturated carbocycles. The fourth-order valence-corrected chi connectivity index (χ4v) is 2.12. The van der Waals surface area contributed by atoms with Crippen molar-refractivity contribution in [2.45, 2.75) is 13.3 Å². The van der Waals surface area contributed by atoms with Crippen LogP contribution in [0.2, 0.25) is 5.15 Å². The molecule has 0 atom stereocenters. The Labute approximate surface area is 97.9 Å². The molecule has 2 aromatic rings. The van der Waals surface area contributed by atoms with E-state index in [4.69, 9.17) is 11.6 Å². The minimum atomic E-state index is 0.535. The highest BCUT2D eigenvalue weighted by molar-refractivity contribution is 7.14. The van der Waals surface area contributed by atoms with Crippen molar-refractivity contribution in [1.29, 1.82) is 0 Å². The maximum absolute atomic E-state index is 5.73. The van der Waals surface area contributed by atoms with Gasteiger partial charge in [-0.05, 0) is 24.1 Å². The minimum Gasteiger partial charge on any atom is -0.332 e. The quantitative estimate of drug-likeness (QED) is 0.871. The van der Waals surface area contributed by atoms with Gasteiger partial charge in [0, 0.05) is 11.1 Å². The topological polar surface area (TPSA) is 24.9 Å². The predicted octanol–water partition coefficient (Wildman–Crippen LogP) is 4.10. The summed E-state index contributed by atoms with van der Waals surface area (Å²) in [6.07, 6.45) is 1.06. The lowest BCUT2D eigenvalue weighted by Crippen LogP contribution is -1.89. The summed E-state index contributed by atoms with van der Waals surface area (Å²) < 4.78 is 0. The normalized spacial score (nSPS) is 10.3.